The van der Waals surface area contributed by atoms with Crippen molar-refractivity contribution in [2.24, 2.45) is 11.8 Å². The van der Waals surface area contributed by atoms with E-state index in [1.807, 2.05) is 13.8 Å². The first-order valence-electron chi connectivity index (χ1n) is 9.49. The van der Waals surface area contributed by atoms with Crippen molar-refractivity contribution >= 4 is 11.6 Å². The SMILES string of the molecule is CC(=O)c1c(C)[nH]c(C(=O)[C@H](C)[NH+]2CC[C@@H]3CCCC[C@@H]3C2)c1C. The van der Waals surface area contributed by atoms with Crippen LogP contribution in [0.4, 0.5) is 0 Å². The maximum absolute atomic E-state index is 13.0. The summed E-state index contributed by atoms with van der Waals surface area (Å²) in [6.45, 7) is 9.64. The zero-order valence-corrected chi connectivity index (χ0v) is 15.5. The maximum atomic E-state index is 13.0. The Morgan fingerprint density at radius 1 is 1.12 bits per heavy atom. The third-order valence-corrected chi connectivity index (χ3v) is 6.47. The molecule has 1 aliphatic heterocycles. The Hall–Kier alpha value is -1.42. The summed E-state index contributed by atoms with van der Waals surface area (Å²) in [7, 11) is 0. The molecule has 1 aromatic rings. The van der Waals surface area contributed by atoms with E-state index < -0.39 is 0 Å². The fourth-order valence-corrected chi connectivity index (χ4v) is 5.06. The van der Waals surface area contributed by atoms with Crippen LogP contribution >= 0.6 is 0 Å². The van der Waals surface area contributed by atoms with Gasteiger partial charge >= 0.3 is 0 Å². The molecule has 1 aromatic heterocycles. The van der Waals surface area contributed by atoms with Gasteiger partial charge < -0.3 is 9.88 Å². The van der Waals surface area contributed by atoms with Crippen LogP contribution in [0.5, 0.6) is 0 Å². The van der Waals surface area contributed by atoms with E-state index in [2.05, 4.69) is 11.9 Å². The van der Waals surface area contributed by atoms with E-state index in [4.69, 9.17) is 0 Å². The molecule has 2 heterocycles. The Labute approximate surface area is 145 Å². The van der Waals surface area contributed by atoms with Crippen LogP contribution in [0.3, 0.4) is 0 Å². The van der Waals surface area contributed by atoms with E-state index in [-0.39, 0.29) is 17.6 Å². The van der Waals surface area contributed by atoms with Crippen molar-refractivity contribution in [3.8, 4) is 0 Å². The van der Waals surface area contributed by atoms with Crippen LogP contribution in [-0.2, 0) is 0 Å². The molecule has 0 bridgehead atoms. The van der Waals surface area contributed by atoms with Gasteiger partial charge in [-0.25, -0.2) is 0 Å². The van der Waals surface area contributed by atoms with E-state index in [9.17, 15) is 9.59 Å². The minimum absolute atomic E-state index is 0.0309. The summed E-state index contributed by atoms with van der Waals surface area (Å²) in [6.07, 6.45) is 6.73. The number of fused-ring (bicyclic) bond motifs is 1. The van der Waals surface area contributed by atoms with Crippen molar-refractivity contribution in [3.05, 3.63) is 22.5 Å². The highest BCUT2D eigenvalue weighted by atomic mass is 16.1. The zero-order chi connectivity index (χ0) is 17.4. The predicted molar refractivity (Wildman–Crippen MR) is 94.8 cm³/mol. The van der Waals surface area contributed by atoms with Gasteiger partial charge in [0.2, 0.25) is 5.78 Å². The van der Waals surface area contributed by atoms with Crippen LogP contribution in [0, 0.1) is 25.7 Å². The molecule has 4 heteroatoms. The molecule has 1 saturated heterocycles. The van der Waals surface area contributed by atoms with E-state index in [1.54, 1.807) is 6.92 Å². The highest BCUT2D eigenvalue weighted by Crippen LogP contribution is 2.32. The number of hydrogen-bond acceptors (Lipinski definition) is 2. The maximum Gasteiger partial charge on any atom is 0.235 e. The Morgan fingerprint density at radius 2 is 1.79 bits per heavy atom. The molecule has 2 aliphatic rings. The van der Waals surface area contributed by atoms with Gasteiger partial charge in [0.05, 0.1) is 18.8 Å². The predicted octanol–water partition coefficient (Wildman–Crippen LogP) is 2.50. The van der Waals surface area contributed by atoms with Gasteiger partial charge in [-0.3, -0.25) is 9.59 Å². The number of likely N-dealkylation sites (tertiary alicyclic amines) is 1. The Bertz CT molecular complexity index is 646. The van der Waals surface area contributed by atoms with E-state index in [1.165, 1.54) is 37.0 Å². The molecule has 1 aliphatic carbocycles. The summed E-state index contributed by atoms with van der Waals surface area (Å²) in [6, 6.07) is -0.0376. The van der Waals surface area contributed by atoms with Crippen LogP contribution in [0.1, 0.15) is 78.1 Å². The molecule has 2 fully saturated rings. The lowest BCUT2D eigenvalue weighted by atomic mass is 9.75. The number of aromatic nitrogens is 1. The van der Waals surface area contributed by atoms with Crippen LogP contribution in [0.2, 0.25) is 0 Å². The summed E-state index contributed by atoms with van der Waals surface area (Å²) in [5.41, 5.74) is 2.97. The smallest absolute Gasteiger partial charge is 0.235 e. The molecule has 24 heavy (non-hydrogen) atoms. The summed E-state index contributed by atoms with van der Waals surface area (Å²) in [5.74, 6) is 1.89. The lowest BCUT2D eigenvalue weighted by Gasteiger charge is -2.40. The Kier molecular flexibility index (Phi) is 4.95. The second-order valence-corrected chi connectivity index (χ2v) is 7.97. The Balaban J connectivity index is 1.75. The number of piperidine rings is 1. The van der Waals surface area contributed by atoms with Gasteiger partial charge in [-0.15, -0.1) is 0 Å². The minimum atomic E-state index is -0.0376. The normalized spacial score (nSPS) is 28.2. The molecule has 0 spiro atoms. The molecule has 0 radical (unpaired) electrons. The molecule has 2 N–H and O–H groups in total. The van der Waals surface area contributed by atoms with Crippen LogP contribution in [-0.4, -0.2) is 35.7 Å². The zero-order valence-electron chi connectivity index (χ0n) is 15.5. The highest BCUT2D eigenvalue weighted by molar-refractivity contribution is 6.04. The second kappa shape index (κ2) is 6.83. The van der Waals surface area contributed by atoms with Gasteiger partial charge in [-0.1, -0.05) is 12.8 Å². The highest BCUT2D eigenvalue weighted by Gasteiger charge is 2.38. The lowest BCUT2D eigenvalue weighted by molar-refractivity contribution is -0.923. The van der Waals surface area contributed by atoms with E-state index in [0.29, 0.717) is 11.3 Å². The molecule has 4 atom stereocenters. The van der Waals surface area contributed by atoms with Crippen molar-refractivity contribution in [1.82, 2.24) is 4.98 Å². The quantitative estimate of drug-likeness (QED) is 0.833. The van der Waals surface area contributed by atoms with Gasteiger partial charge in [-0.2, -0.15) is 0 Å². The first kappa shape index (κ1) is 17.4. The molecule has 0 aromatic carbocycles. The fraction of sp³-hybridized carbons (Fsp3) is 0.700. The summed E-state index contributed by atoms with van der Waals surface area (Å²) in [4.78, 5) is 29.5. The third kappa shape index (κ3) is 3.08. The minimum Gasteiger partial charge on any atom is -0.355 e. The molecule has 4 nitrogen and oxygen atoms in total. The number of H-pyrrole nitrogens is 1. The molecule has 0 amide bonds. The number of rotatable bonds is 4. The van der Waals surface area contributed by atoms with Gasteiger partial charge in [0.15, 0.2) is 5.78 Å². The number of aryl methyl sites for hydroxylation is 1. The van der Waals surface area contributed by atoms with E-state index in [0.717, 1.165) is 36.2 Å². The summed E-state index contributed by atoms with van der Waals surface area (Å²) >= 11 is 0. The molecule has 132 valence electrons. The second-order valence-electron chi connectivity index (χ2n) is 7.97. The largest absolute Gasteiger partial charge is 0.355 e. The molecule has 3 rings (SSSR count). The average Bonchev–Trinajstić information content (AvgIpc) is 2.87. The molecular formula is C20H31N2O2+. The van der Waals surface area contributed by atoms with Crippen molar-refractivity contribution in [3.63, 3.8) is 0 Å². The monoisotopic (exact) mass is 331 g/mol. The fourth-order valence-electron chi connectivity index (χ4n) is 5.06. The Morgan fingerprint density at radius 3 is 2.42 bits per heavy atom. The number of Topliss-reactive ketones (excluding diaryl/α,β-unsaturated/α-hetero) is 2. The first-order chi connectivity index (χ1) is 11.4. The summed E-state index contributed by atoms with van der Waals surface area (Å²) < 4.78 is 0. The topological polar surface area (TPSA) is 54.4 Å². The van der Waals surface area contributed by atoms with Gasteiger partial charge in [0.1, 0.15) is 6.04 Å². The van der Waals surface area contributed by atoms with E-state index >= 15 is 0 Å². The molecular weight excluding hydrogens is 300 g/mol. The number of nitrogens with one attached hydrogen (secondary N) is 2. The number of hydrogen-bond donors (Lipinski definition) is 2. The molecule has 1 unspecified atom stereocenters. The third-order valence-electron chi connectivity index (χ3n) is 6.47. The van der Waals surface area contributed by atoms with Crippen molar-refractivity contribution in [2.75, 3.05) is 13.1 Å². The van der Waals surface area contributed by atoms with Gasteiger partial charge in [0, 0.05) is 17.2 Å². The number of ketones is 2. The van der Waals surface area contributed by atoms with Crippen molar-refractivity contribution < 1.29 is 14.5 Å². The molecule has 1 saturated carbocycles. The van der Waals surface area contributed by atoms with Crippen LogP contribution in [0.15, 0.2) is 0 Å². The van der Waals surface area contributed by atoms with Crippen LogP contribution < -0.4 is 4.90 Å². The van der Waals surface area contributed by atoms with Gasteiger partial charge in [-0.05, 0) is 58.4 Å². The number of carbonyl (C=O) groups is 2. The standard InChI is InChI=1S/C20H30N2O2/c1-12-18(15(4)23)13(2)21-19(12)20(24)14(3)22-10-9-16-7-5-6-8-17(16)11-22/h14,16-17,21H,5-11H2,1-4H3/p+1/t14-,16-,17+/m0/s1. The summed E-state index contributed by atoms with van der Waals surface area (Å²) in [5, 5.41) is 0. The lowest BCUT2D eigenvalue weighted by Crippen LogP contribution is -3.18. The number of carbonyl (C=O) groups excluding carboxylic acids is 2. The average molecular weight is 331 g/mol. The first-order valence-corrected chi connectivity index (χ1v) is 9.49. The number of quaternary nitrogens is 1. The van der Waals surface area contributed by atoms with Crippen molar-refractivity contribution in [1.29, 1.82) is 0 Å². The van der Waals surface area contributed by atoms with Crippen LogP contribution in [0.25, 0.3) is 0 Å². The van der Waals surface area contributed by atoms with Gasteiger partial charge in [0.25, 0.3) is 0 Å². The number of aromatic amines is 1. The van der Waals surface area contributed by atoms with Crippen molar-refractivity contribution in [2.45, 2.75) is 65.8 Å².